The van der Waals surface area contributed by atoms with Crippen molar-refractivity contribution < 1.29 is 32.2 Å². The normalized spacial score (nSPS) is 11.1. The van der Waals surface area contributed by atoms with Crippen LogP contribution < -0.4 is 10.1 Å². The first-order valence-electron chi connectivity index (χ1n) is 7.49. The van der Waals surface area contributed by atoms with Gasteiger partial charge in [-0.2, -0.15) is 0 Å². The van der Waals surface area contributed by atoms with Gasteiger partial charge in [0.15, 0.2) is 16.4 Å². The number of sulfone groups is 1. The molecule has 0 unspecified atom stereocenters. The van der Waals surface area contributed by atoms with Crippen LogP contribution in [0.5, 0.6) is 5.75 Å². The number of hydrogen-bond donors (Lipinski definition) is 2. The van der Waals surface area contributed by atoms with Gasteiger partial charge in [0, 0.05) is 22.8 Å². The van der Waals surface area contributed by atoms with Crippen LogP contribution in [0.15, 0.2) is 45.8 Å². The Morgan fingerprint density at radius 3 is 2.52 bits per heavy atom. The van der Waals surface area contributed by atoms with Crippen molar-refractivity contribution in [3.05, 3.63) is 57.8 Å². The van der Waals surface area contributed by atoms with Crippen molar-refractivity contribution in [3.63, 3.8) is 0 Å². The van der Waals surface area contributed by atoms with Crippen molar-refractivity contribution in [2.75, 3.05) is 12.9 Å². The molecule has 0 aromatic heterocycles. The molecule has 2 N–H and O–H groups in total. The minimum atomic E-state index is -3.58. The van der Waals surface area contributed by atoms with Gasteiger partial charge in [0.2, 0.25) is 0 Å². The summed E-state index contributed by atoms with van der Waals surface area (Å²) in [5.41, 5.74) is 0.175. The van der Waals surface area contributed by atoms with Crippen LogP contribution in [0.1, 0.15) is 15.9 Å². The zero-order valence-electron chi connectivity index (χ0n) is 14.0. The highest BCUT2D eigenvalue weighted by Gasteiger charge is 2.18. The van der Waals surface area contributed by atoms with Crippen molar-refractivity contribution in [2.45, 2.75) is 11.4 Å². The molecular formula is C17H15BrFNO6S. The van der Waals surface area contributed by atoms with Crippen LogP contribution >= 0.6 is 15.9 Å². The largest absolute Gasteiger partial charge is 0.481 e. The number of hydrogen-bond acceptors (Lipinski definition) is 5. The molecule has 0 radical (unpaired) electrons. The van der Waals surface area contributed by atoms with Crippen LogP contribution in [0, 0.1) is 5.82 Å². The molecule has 0 saturated heterocycles. The Morgan fingerprint density at radius 2 is 1.93 bits per heavy atom. The van der Waals surface area contributed by atoms with E-state index in [1.54, 1.807) is 6.07 Å². The van der Waals surface area contributed by atoms with E-state index >= 15 is 0 Å². The van der Waals surface area contributed by atoms with Gasteiger partial charge in [-0.15, -0.1) is 0 Å². The highest BCUT2D eigenvalue weighted by Crippen LogP contribution is 2.24. The minimum absolute atomic E-state index is 0.0684. The molecule has 0 spiro atoms. The first-order valence-corrected chi connectivity index (χ1v) is 10.2. The highest BCUT2D eigenvalue weighted by molar-refractivity contribution is 9.10. The van der Waals surface area contributed by atoms with Crippen molar-refractivity contribution in [1.29, 1.82) is 0 Å². The zero-order chi connectivity index (χ0) is 20.2. The standard InChI is InChI=1S/C17H15BrFNO6S/c1-27(24,25)12-4-5-13(15(7-12)26-9-16(21)22)17(23)20-8-10-2-3-11(18)6-14(10)19/h2-7H,8-9H2,1H3,(H,20,23)(H,21,22). The van der Waals surface area contributed by atoms with Crippen molar-refractivity contribution >= 4 is 37.6 Å². The van der Waals surface area contributed by atoms with E-state index in [2.05, 4.69) is 21.2 Å². The number of carboxylic acids is 1. The van der Waals surface area contributed by atoms with Crippen LogP contribution in [-0.4, -0.2) is 38.3 Å². The summed E-state index contributed by atoms with van der Waals surface area (Å²) in [6.07, 6.45) is 0.972. The van der Waals surface area contributed by atoms with E-state index in [4.69, 9.17) is 9.84 Å². The molecule has 0 saturated carbocycles. The molecule has 2 aromatic carbocycles. The Kier molecular flexibility index (Phi) is 6.55. The molecule has 0 bridgehead atoms. The van der Waals surface area contributed by atoms with Gasteiger partial charge in [-0.3, -0.25) is 4.79 Å². The summed E-state index contributed by atoms with van der Waals surface area (Å²) in [5.74, 6) is -2.67. The molecule has 144 valence electrons. The van der Waals surface area contributed by atoms with Gasteiger partial charge in [-0.1, -0.05) is 22.0 Å². The summed E-state index contributed by atoms with van der Waals surface area (Å²) >= 11 is 3.13. The molecule has 2 aromatic rings. The number of rotatable bonds is 7. The molecule has 2 rings (SSSR count). The fourth-order valence-electron chi connectivity index (χ4n) is 2.12. The molecule has 1 amide bonds. The fraction of sp³-hybridized carbons (Fsp3) is 0.176. The maximum Gasteiger partial charge on any atom is 0.341 e. The summed E-state index contributed by atoms with van der Waals surface area (Å²) in [6.45, 7) is -0.876. The summed E-state index contributed by atoms with van der Waals surface area (Å²) in [7, 11) is -3.58. The second-order valence-corrected chi connectivity index (χ2v) is 8.46. The third kappa shape index (κ3) is 5.76. The molecule has 27 heavy (non-hydrogen) atoms. The molecule has 0 aliphatic rings. The van der Waals surface area contributed by atoms with Crippen LogP contribution in [-0.2, 0) is 21.2 Å². The quantitative estimate of drug-likeness (QED) is 0.657. The average Bonchev–Trinajstić information content (AvgIpc) is 2.57. The summed E-state index contributed by atoms with van der Waals surface area (Å²) in [5, 5.41) is 11.2. The first kappa shape index (κ1) is 20.8. The Bertz CT molecular complexity index is 993. The molecular weight excluding hydrogens is 445 g/mol. The maximum absolute atomic E-state index is 13.8. The summed E-state index contributed by atoms with van der Waals surface area (Å²) in [6, 6.07) is 7.86. The van der Waals surface area contributed by atoms with Crippen molar-refractivity contribution in [1.82, 2.24) is 5.32 Å². The van der Waals surface area contributed by atoms with Gasteiger partial charge in [0.05, 0.1) is 10.5 Å². The van der Waals surface area contributed by atoms with E-state index in [0.717, 1.165) is 12.3 Å². The second kappa shape index (κ2) is 8.49. The predicted molar refractivity (Wildman–Crippen MR) is 98.0 cm³/mol. The SMILES string of the molecule is CS(=O)(=O)c1ccc(C(=O)NCc2ccc(Br)cc2F)c(OCC(=O)O)c1. The van der Waals surface area contributed by atoms with Crippen molar-refractivity contribution in [2.24, 2.45) is 0 Å². The number of carbonyl (C=O) groups is 2. The van der Waals surface area contributed by atoms with Gasteiger partial charge in [0.25, 0.3) is 5.91 Å². The van der Waals surface area contributed by atoms with Crippen LogP contribution in [0.2, 0.25) is 0 Å². The van der Waals surface area contributed by atoms with Gasteiger partial charge >= 0.3 is 5.97 Å². The van der Waals surface area contributed by atoms with Gasteiger partial charge < -0.3 is 15.2 Å². The van der Waals surface area contributed by atoms with E-state index in [9.17, 15) is 22.4 Å². The Labute approximate surface area is 163 Å². The van der Waals surface area contributed by atoms with Crippen LogP contribution in [0.3, 0.4) is 0 Å². The lowest BCUT2D eigenvalue weighted by Gasteiger charge is -2.12. The molecule has 0 atom stereocenters. The lowest BCUT2D eigenvalue weighted by molar-refractivity contribution is -0.139. The van der Waals surface area contributed by atoms with Gasteiger partial charge in [0.1, 0.15) is 11.6 Å². The predicted octanol–water partition coefficient (Wildman–Crippen LogP) is 2.39. The van der Waals surface area contributed by atoms with Crippen molar-refractivity contribution in [3.8, 4) is 5.75 Å². The van der Waals surface area contributed by atoms with Crippen LogP contribution in [0.25, 0.3) is 0 Å². The molecule has 0 fully saturated rings. The first-order chi connectivity index (χ1) is 12.6. The van der Waals surface area contributed by atoms with Gasteiger partial charge in [-0.05, 0) is 30.3 Å². The van der Waals surface area contributed by atoms with Gasteiger partial charge in [-0.25, -0.2) is 17.6 Å². The number of aliphatic carboxylic acids is 1. The number of carbonyl (C=O) groups excluding carboxylic acids is 1. The van der Waals surface area contributed by atoms with E-state index in [1.807, 2.05) is 0 Å². The smallest absolute Gasteiger partial charge is 0.341 e. The monoisotopic (exact) mass is 459 g/mol. The molecule has 0 aliphatic heterocycles. The molecule has 7 nitrogen and oxygen atoms in total. The van der Waals surface area contributed by atoms with Crippen LogP contribution in [0.4, 0.5) is 4.39 Å². The second-order valence-electron chi connectivity index (χ2n) is 5.53. The zero-order valence-corrected chi connectivity index (χ0v) is 16.4. The Balaban J connectivity index is 2.26. The number of halogens is 2. The minimum Gasteiger partial charge on any atom is -0.481 e. The number of carboxylic acid groups (broad SMARTS) is 1. The maximum atomic E-state index is 13.8. The summed E-state index contributed by atoms with van der Waals surface area (Å²) < 4.78 is 42.8. The van der Waals surface area contributed by atoms with E-state index in [1.165, 1.54) is 24.3 Å². The average molecular weight is 460 g/mol. The molecule has 0 heterocycles. The highest BCUT2D eigenvalue weighted by atomic mass is 79.9. The lowest BCUT2D eigenvalue weighted by Crippen LogP contribution is -2.24. The Morgan fingerprint density at radius 1 is 1.22 bits per heavy atom. The number of amides is 1. The molecule has 10 heteroatoms. The third-order valence-corrected chi connectivity index (χ3v) is 5.04. The fourth-order valence-corrected chi connectivity index (χ4v) is 3.09. The van der Waals surface area contributed by atoms with E-state index in [0.29, 0.717) is 4.47 Å². The summed E-state index contributed by atoms with van der Waals surface area (Å²) in [4.78, 5) is 23.0. The lowest BCUT2D eigenvalue weighted by atomic mass is 10.1. The van der Waals surface area contributed by atoms with E-state index in [-0.39, 0.29) is 28.3 Å². The third-order valence-electron chi connectivity index (χ3n) is 3.43. The number of nitrogens with one attached hydrogen (secondary N) is 1. The Hall–Kier alpha value is -2.46. The van der Waals surface area contributed by atoms with E-state index < -0.39 is 34.1 Å². The number of benzene rings is 2. The topological polar surface area (TPSA) is 110 Å². The number of ether oxygens (including phenoxy) is 1. The molecule has 0 aliphatic carbocycles.